The van der Waals surface area contributed by atoms with Crippen molar-refractivity contribution in [2.75, 3.05) is 26.4 Å². The van der Waals surface area contributed by atoms with E-state index in [0.29, 0.717) is 32.0 Å². The van der Waals surface area contributed by atoms with Crippen LogP contribution in [0.1, 0.15) is 96.8 Å². The first kappa shape index (κ1) is 28.9. The standard InChI is InChI=1S/C26H43NO6/c1-2-3-4-5-6-7-8-9-10-11-12-13-14-15-26(28)33-23-21-31-20-22-32-25-18-16-24(17-19-25)27(29)30/h16-19H,2-15,20-23H2,1H3. The number of nitro groups is 1. The third kappa shape index (κ3) is 17.0. The van der Waals surface area contributed by atoms with Gasteiger partial charge in [0.25, 0.3) is 5.69 Å². The van der Waals surface area contributed by atoms with Gasteiger partial charge < -0.3 is 14.2 Å². The quantitative estimate of drug-likeness (QED) is 0.0791. The lowest BCUT2D eigenvalue weighted by Gasteiger charge is -2.08. The van der Waals surface area contributed by atoms with Crippen LogP contribution in [0.4, 0.5) is 5.69 Å². The van der Waals surface area contributed by atoms with Gasteiger partial charge in [-0.15, -0.1) is 0 Å². The Morgan fingerprint density at radius 3 is 1.82 bits per heavy atom. The van der Waals surface area contributed by atoms with Gasteiger partial charge in [-0.1, -0.05) is 84.0 Å². The highest BCUT2D eigenvalue weighted by molar-refractivity contribution is 5.69. The van der Waals surface area contributed by atoms with E-state index in [1.807, 2.05) is 0 Å². The normalized spacial score (nSPS) is 10.8. The summed E-state index contributed by atoms with van der Waals surface area (Å²) in [4.78, 5) is 21.9. The van der Waals surface area contributed by atoms with Crippen molar-refractivity contribution in [1.82, 2.24) is 0 Å². The van der Waals surface area contributed by atoms with Gasteiger partial charge in [0, 0.05) is 18.6 Å². The molecule has 0 bridgehead atoms. The highest BCUT2D eigenvalue weighted by Gasteiger charge is 2.05. The summed E-state index contributed by atoms with van der Waals surface area (Å²) >= 11 is 0. The van der Waals surface area contributed by atoms with Crippen molar-refractivity contribution in [1.29, 1.82) is 0 Å². The SMILES string of the molecule is CCCCCCCCCCCCCCCC(=O)OCCOCCOc1ccc([N+](=O)[O-])cc1. The Kier molecular flexibility index (Phi) is 17.9. The zero-order chi connectivity index (χ0) is 24.0. The van der Waals surface area contributed by atoms with Gasteiger partial charge in [-0.25, -0.2) is 0 Å². The summed E-state index contributed by atoms with van der Waals surface area (Å²) in [5.41, 5.74) is 0.0271. The molecule has 33 heavy (non-hydrogen) atoms. The maximum Gasteiger partial charge on any atom is 0.305 e. The van der Waals surface area contributed by atoms with Crippen LogP contribution >= 0.6 is 0 Å². The summed E-state index contributed by atoms with van der Waals surface area (Å²) < 4.78 is 16.0. The molecule has 7 nitrogen and oxygen atoms in total. The predicted molar refractivity (Wildman–Crippen MR) is 131 cm³/mol. The van der Waals surface area contributed by atoms with E-state index in [4.69, 9.17) is 14.2 Å². The Morgan fingerprint density at radius 1 is 0.758 bits per heavy atom. The lowest BCUT2D eigenvalue weighted by atomic mass is 10.0. The van der Waals surface area contributed by atoms with Crippen molar-refractivity contribution in [3.8, 4) is 5.75 Å². The molecule has 7 heteroatoms. The summed E-state index contributed by atoms with van der Waals surface area (Å²) in [6.07, 6.45) is 17.2. The van der Waals surface area contributed by atoms with Crippen LogP contribution in [0.15, 0.2) is 24.3 Å². The van der Waals surface area contributed by atoms with E-state index in [1.165, 1.54) is 82.8 Å². The first-order valence-corrected chi connectivity index (χ1v) is 12.7. The minimum atomic E-state index is -0.451. The van der Waals surface area contributed by atoms with Crippen molar-refractivity contribution in [2.45, 2.75) is 96.8 Å². The molecule has 0 aliphatic rings. The van der Waals surface area contributed by atoms with E-state index in [0.717, 1.165) is 12.8 Å². The molecule has 0 saturated carbocycles. The number of nitrogens with zero attached hydrogens (tertiary/aromatic N) is 1. The number of nitro benzene ring substituents is 1. The molecule has 0 aromatic heterocycles. The molecule has 0 aliphatic carbocycles. The molecule has 0 spiro atoms. The Balaban J connectivity index is 1.82. The molecule has 0 N–H and O–H groups in total. The van der Waals surface area contributed by atoms with Crippen LogP contribution in [-0.2, 0) is 14.3 Å². The van der Waals surface area contributed by atoms with Crippen molar-refractivity contribution in [2.24, 2.45) is 0 Å². The predicted octanol–water partition coefficient (Wildman–Crippen LogP) is 7.01. The molecular formula is C26H43NO6. The van der Waals surface area contributed by atoms with Gasteiger partial charge in [0.1, 0.15) is 19.0 Å². The van der Waals surface area contributed by atoms with Crippen molar-refractivity contribution in [3.05, 3.63) is 34.4 Å². The Bertz CT molecular complexity index is 620. The molecule has 0 heterocycles. The summed E-state index contributed by atoms with van der Waals surface area (Å²) in [6, 6.07) is 5.90. The second-order valence-electron chi connectivity index (χ2n) is 8.42. The van der Waals surface area contributed by atoms with Crippen LogP contribution in [0.5, 0.6) is 5.75 Å². The van der Waals surface area contributed by atoms with Gasteiger partial charge in [0.2, 0.25) is 0 Å². The van der Waals surface area contributed by atoms with E-state index >= 15 is 0 Å². The Morgan fingerprint density at radius 2 is 1.27 bits per heavy atom. The fraction of sp³-hybridized carbons (Fsp3) is 0.731. The minimum Gasteiger partial charge on any atom is -0.491 e. The summed E-state index contributed by atoms with van der Waals surface area (Å²) in [7, 11) is 0. The van der Waals surface area contributed by atoms with Crippen LogP contribution in [0.3, 0.4) is 0 Å². The van der Waals surface area contributed by atoms with Crippen LogP contribution < -0.4 is 4.74 Å². The van der Waals surface area contributed by atoms with Gasteiger partial charge in [0.05, 0.1) is 18.1 Å². The van der Waals surface area contributed by atoms with E-state index in [2.05, 4.69) is 6.92 Å². The third-order valence-electron chi connectivity index (χ3n) is 5.52. The van der Waals surface area contributed by atoms with E-state index in [9.17, 15) is 14.9 Å². The Hall–Kier alpha value is -2.15. The van der Waals surface area contributed by atoms with Gasteiger partial charge in [-0.05, 0) is 18.6 Å². The van der Waals surface area contributed by atoms with E-state index in [-0.39, 0.29) is 18.3 Å². The topological polar surface area (TPSA) is 87.9 Å². The first-order chi connectivity index (χ1) is 16.1. The van der Waals surface area contributed by atoms with Gasteiger partial charge in [-0.3, -0.25) is 14.9 Å². The largest absolute Gasteiger partial charge is 0.491 e. The maximum atomic E-state index is 11.7. The lowest BCUT2D eigenvalue weighted by molar-refractivity contribution is -0.384. The van der Waals surface area contributed by atoms with Crippen molar-refractivity contribution >= 4 is 11.7 Å². The first-order valence-electron chi connectivity index (χ1n) is 12.7. The monoisotopic (exact) mass is 465 g/mol. The number of unbranched alkanes of at least 4 members (excludes halogenated alkanes) is 12. The zero-order valence-electron chi connectivity index (χ0n) is 20.4. The van der Waals surface area contributed by atoms with Crippen LogP contribution in [-0.4, -0.2) is 37.3 Å². The molecule has 0 fully saturated rings. The molecule has 0 radical (unpaired) electrons. The summed E-state index contributed by atoms with van der Waals surface area (Å²) in [6.45, 7) is 3.51. The smallest absolute Gasteiger partial charge is 0.305 e. The molecule has 0 unspecified atom stereocenters. The highest BCUT2D eigenvalue weighted by Crippen LogP contribution is 2.17. The van der Waals surface area contributed by atoms with Gasteiger partial charge >= 0.3 is 5.97 Å². The van der Waals surface area contributed by atoms with Gasteiger partial charge in [0.15, 0.2) is 0 Å². The lowest BCUT2D eigenvalue weighted by Crippen LogP contribution is -2.13. The molecule has 1 aromatic rings. The van der Waals surface area contributed by atoms with Crippen molar-refractivity contribution in [3.63, 3.8) is 0 Å². The number of benzene rings is 1. The van der Waals surface area contributed by atoms with E-state index < -0.39 is 4.92 Å². The van der Waals surface area contributed by atoms with E-state index in [1.54, 1.807) is 12.1 Å². The zero-order valence-corrected chi connectivity index (χ0v) is 20.4. The average molecular weight is 466 g/mol. The fourth-order valence-electron chi connectivity index (χ4n) is 3.56. The molecule has 0 aliphatic heterocycles. The van der Waals surface area contributed by atoms with Gasteiger partial charge in [-0.2, -0.15) is 0 Å². The molecule has 0 atom stereocenters. The molecule has 0 amide bonds. The summed E-state index contributed by atoms with van der Waals surface area (Å²) in [5.74, 6) is 0.386. The molecule has 0 saturated heterocycles. The number of ether oxygens (including phenoxy) is 3. The second-order valence-corrected chi connectivity index (χ2v) is 8.42. The van der Waals surface area contributed by atoms with Crippen LogP contribution in [0.25, 0.3) is 0 Å². The molecule has 1 aromatic carbocycles. The molecular weight excluding hydrogens is 422 g/mol. The maximum absolute atomic E-state index is 11.7. The number of hydrogen-bond donors (Lipinski definition) is 0. The molecule has 1 rings (SSSR count). The average Bonchev–Trinajstić information content (AvgIpc) is 2.81. The number of esters is 1. The molecule has 188 valence electrons. The highest BCUT2D eigenvalue weighted by atomic mass is 16.6. The third-order valence-corrected chi connectivity index (χ3v) is 5.52. The van der Waals surface area contributed by atoms with Crippen molar-refractivity contribution < 1.29 is 23.9 Å². The number of non-ortho nitro benzene ring substituents is 1. The summed E-state index contributed by atoms with van der Waals surface area (Å²) in [5, 5.41) is 10.6. The number of hydrogen-bond acceptors (Lipinski definition) is 6. The fourth-order valence-corrected chi connectivity index (χ4v) is 3.56. The van der Waals surface area contributed by atoms with Crippen LogP contribution in [0, 0.1) is 10.1 Å². The number of carbonyl (C=O) groups excluding carboxylic acids is 1. The number of rotatable bonds is 22. The van der Waals surface area contributed by atoms with Crippen LogP contribution in [0.2, 0.25) is 0 Å². The second kappa shape index (κ2) is 20.5. The minimum absolute atomic E-state index is 0.0271. The number of carbonyl (C=O) groups is 1. The Labute approximate surface area is 199 Å².